The number of hydrogen-bond donors (Lipinski definition) is 1. The molecule has 11 heteroatoms. The van der Waals surface area contributed by atoms with E-state index in [1.54, 1.807) is 31.2 Å². The monoisotopic (exact) mass is 561 g/mol. The van der Waals surface area contributed by atoms with Gasteiger partial charge in [-0.05, 0) is 63.1 Å². The quantitative estimate of drug-likeness (QED) is 0.411. The Balaban J connectivity index is 2.21. The summed E-state index contributed by atoms with van der Waals surface area (Å²) in [5.74, 6) is -0.569. The smallest absolute Gasteiger partial charge is 0.242 e. The maximum absolute atomic E-state index is 13.3. The molecular weight excluding hydrogens is 533 g/mol. The molecule has 1 unspecified atom stereocenters. The fourth-order valence-corrected chi connectivity index (χ4v) is 5.10. The SMILES string of the molecule is CC(C)NC(=O)C(C)N(Cc1cccc(Cl)c1)C(=O)CCCN(c1cc(Cl)ccc1Cl)S(C)(=O)=O. The molecule has 0 fully saturated rings. The second kappa shape index (κ2) is 12.8. The molecule has 0 saturated carbocycles. The van der Waals surface area contributed by atoms with E-state index in [0.29, 0.717) is 10.0 Å². The normalized spacial score (nSPS) is 12.3. The Morgan fingerprint density at radius 1 is 1.00 bits per heavy atom. The van der Waals surface area contributed by atoms with Gasteiger partial charge in [0.25, 0.3) is 0 Å². The zero-order valence-electron chi connectivity index (χ0n) is 20.1. The molecular formula is C24H30Cl3N3O4S. The number of halogens is 3. The lowest BCUT2D eigenvalue weighted by atomic mass is 10.1. The molecule has 0 aliphatic carbocycles. The molecule has 2 aromatic carbocycles. The van der Waals surface area contributed by atoms with Crippen LogP contribution >= 0.6 is 34.8 Å². The topological polar surface area (TPSA) is 86.8 Å². The molecule has 0 aliphatic rings. The highest BCUT2D eigenvalue weighted by Gasteiger charge is 2.27. The van der Waals surface area contributed by atoms with Crippen molar-refractivity contribution < 1.29 is 18.0 Å². The van der Waals surface area contributed by atoms with Crippen LogP contribution in [0, 0.1) is 0 Å². The van der Waals surface area contributed by atoms with Crippen LogP contribution in [0.4, 0.5) is 5.69 Å². The zero-order valence-corrected chi connectivity index (χ0v) is 23.2. The van der Waals surface area contributed by atoms with Gasteiger partial charge in [0, 0.05) is 35.6 Å². The van der Waals surface area contributed by atoms with E-state index < -0.39 is 16.1 Å². The predicted molar refractivity (Wildman–Crippen MR) is 143 cm³/mol. The molecule has 0 radical (unpaired) electrons. The summed E-state index contributed by atoms with van der Waals surface area (Å²) in [7, 11) is -3.69. The average molecular weight is 563 g/mol. The molecule has 1 atom stereocenters. The molecule has 2 aromatic rings. The molecule has 0 saturated heterocycles. The van der Waals surface area contributed by atoms with Gasteiger partial charge in [0.05, 0.1) is 17.0 Å². The van der Waals surface area contributed by atoms with E-state index in [1.807, 2.05) is 19.9 Å². The van der Waals surface area contributed by atoms with Crippen LogP contribution in [0.15, 0.2) is 42.5 Å². The molecule has 0 spiro atoms. The molecule has 0 aromatic heterocycles. The van der Waals surface area contributed by atoms with Crippen molar-refractivity contribution in [2.75, 3.05) is 17.1 Å². The number of sulfonamides is 1. The maximum atomic E-state index is 13.3. The minimum atomic E-state index is -3.69. The lowest BCUT2D eigenvalue weighted by Gasteiger charge is -2.30. The summed E-state index contributed by atoms with van der Waals surface area (Å²) < 4.78 is 26.0. The lowest BCUT2D eigenvalue weighted by Crippen LogP contribution is -2.49. The van der Waals surface area contributed by atoms with Gasteiger partial charge in [-0.3, -0.25) is 13.9 Å². The number of hydrogen-bond acceptors (Lipinski definition) is 4. The predicted octanol–water partition coefficient (Wildman–Crippen LogP) is 5.13. The molecule has 0 heterocycles. The molecule has 192 valence electrons. The van der Waals surface area contributed by atoms with Crippen LogP contribution < -0.4 is 9.62 Å². The van der Waals surface area contributed by atoms with E-state index in [0.717, 1.165) is 16.1 Å². The van der Waals surface area contributed by atoms with E-state index in [2.05, 4.69) is 5.32 Å². The van der Waals surface area contributed by atoms with Crippen molar-refractivity contribution in [2.45, 2.75) is 52.2 Å². The van der Waals surface area contributed by atoms with Gasteiger partial charge in [0.1, 0.15) is 6.04 Å². The van der Waals surface area contributed by atoms with Crippen LogP contribution in [0.5, 0.6) is 0 Å². The number of nitrogens with one attached hydrogen (secondary N) is 1. The first-order chi connectivity index (χ1) is 16.3. The highest BCUT2D eigenvalue weighted by molar-refractivity contribution is 7.92. The summed E-state index contributed by atoms with van der Waals surface area (Å²) in [5.41, 5.74) is 1.02. The van der Waals surface area contributed by atoms with Crippen molar-refractivity contribution in [2.24, 2.45) is 0 Å². The Morgan fingerprint density at radius 3 is 2.26 bits per heavy atom. The standard InChI is InChI=1S/C24H30Cl3N3O4S/c1-16(2)28-24(32)17(3)29(15-18-7-5-8-19(25)13-18)23(31)9-6-12-30(35(4,33)34)22-14-20(26)10-11-21(22)27/h5,7-8,10-11,13-14,16-17H,6,9,12,15H2,1-4H3,(H,28,32). The van der Waals surface area contributed by atoms with Gasteiger partial charge in [0.2, 0.25) is 21.8 Å². The molecule has 2 rings (SSSR count). The number of amides is 2. The Kier molecular flexibility index (Phi) is 10.7. The first-order valence-corrected chi connectivity index (χ1v) is 14.0. The van der Waals surface area contributed by atoms with Crippen molar-refractivity contribution >= 4 is 62.3 Å². The van der Waals surface area contributed by atoms with Crippen LogP contribution in [-0.2, 0) is 26.2 Å². The summed E-state index contributed by atoms with van der Waals surface area (Å²) in [6, 6.07) is 10.8. The van der Waals surface area contributed by atoms with Crippen molar-refractivity contribution in [1.29, 1.82) is 0 Å². The zero-order chi connectivity index (χ0) is 26.3. The fourth-order valence-electron chi connectivity index (χ4n) is 3.48. The summed E-state index contributed by atoms with van der Waals surface area (Å²) in [5, 5.41) is 3.92. The van der Waals surface area contributed by atoms with Crippen molar-refractivity contribution in [1.82, 2.24) is 10.2 Å². The molecule has 0 aliphatic heterocycles. The minimum absolute atomic E-state index is 0.0161. The lowest BCUT2D eigenvalue weighted by molar-refractivity contribution is -0.140. The Morgan fingerprint density at radius 2 is 1.66 bits per heavy atom. The number of rotatable bonds is 11. The number of anilines is 1. The van der Waals surface area contributed by atoms with E-state index in [4.69, 9.17) is 34.8 Å². The van der Waals surface area contributed by atoms with Gasteiger partial charge in [0.15, 0.2) is 0 Å². The highest BCUT2D eigenvalue weighted by atomic mass is 35.5. The van der Waals surface area contributed by atoms with Crippen LogP contribution in [0.25, 0.3) is 0 Å². The van der Waals surface area contributed by atoms with Crippen LogP contribution in [-0.4, -0.2) is 50.0 Å². The first kappa shape index (κ1) is 29.2. The third-order valence-electron chi connectivity index (χ3n) is 5.17. The van der Waals surface area contributed by atoms with Crippen LogP contribution in [0.3, 0.4) is 0 Å². The van der Waals surface area contributed by atoms with E-state index in [9.17, 15) is 18.0 Å². The van der Waals surface area contributed by atoms with Gasteiger partial charge in [-0.2, -0.15) is 0 Å². The Bertz CT molecular complexity index is 1160. The molecule has 1 N–H and O–H groups in total. The van der Waals surface area contributed by atoms with E-state index in [-0.39, 0.29) is 54.5 Å². The first-order valence-electron chi connectivity index (χ1n) is 11.1. The minimum Gasteiger partial charge on any atom is -0.352 e. The summed E-state index contributed by atoms with van der Waals surface area (Å²) in [6.45, 7) is 5.54. The van der Waals surface area contributed by atoms with Gasteiger partial charge in [-0.15, -0.1) is 0 Å². The molecule has 0 bridgehead atoms. The van der Waals surface area contributed by atoms with Crippen molar-refractivity contribution in [3.05, 3.63) is 63.1 Å². The number of carbonyl (C=O) groups is 2. The second-order valence-electron chi connectivity index (χ2n) is 8.53. The Hall–Kier alpha value is -2.00. The van der Waals surface area contributed by atoms with Gasteiger partial charge in [-0.25, -0.2) is 8.42 Å². The Labute approximate surface area is 222 Å². The largest absolute Gasteiger partial charge is 0.352 e. The van der Waals surface area contributed by atoms with Crippen molar-refractivity contribution in [3.8, 4) is 0 Å². The molecule has 2 amide bonds. The van der Waals surface area contributed by atoms with Crippen molar-refractivity contribution in [3.63, 3.8) is 0 Å². The fraction of sp³-hybridized carbons (Fsp3) is 0.417. The third kappa shape index (κ3) is 8.86. The van der Waals surface area contributed by atoms with Gasteiger partial charge < -0.3 is 10.2 Å². The van der Waals surface area contributed by atoms with Gasteiger partial charge >= 0.3 is 0 Å². The second-order valence-corrected chi connectivity index (χ2v) is 11.7. The maximum Gasteiger partial charge on any atom is 0.242 e. The van der Waals surface area contributed by atoms with Gasteiger partial charge in [-0.1, -0.05) is 46.9 Å². The summed E-state index contributed by atoms with van der Waals surface area (Å²) in [6.07, 6.45) is 1.29. The summed E-state index contributed by atoms with van der Waals surface area (Å²) >= 11 is 18.3. The van der Waals surface area contributed by atoms with E-state index in [1.165, 1.54) is 17.0 Å². The highest BCUT2D eigenvalue weighted by Crippen LogP contribution is 2.31. The number of nitrogens with zero attached hydrogens (tertiary/aromatic N) is 2. The number of carbonyl (C=O) groups excluding carboxylic acids is 2. The number of benzene rings is 2. The molecule has 35 heavy (non-hydrogen) atoms. The summed E-state index contributed by atoms with van der Waals surface area (Å²) in [4.78, 5) is 27.4. The van der Waals surface area contributed by atoms with Crippen LogP contribution in [0.2, 0.25) is 15.1 Å². The third-order valence-corrected chi connectivity index (χ3v) is 7.14. The van der Waals surface area contributed by atoms with E-state index >= 15 is 0 Å². The van der Waals surface area contributed by atoms with Crippen LogP contribution in [0.1, 0.15) is 39.2 Å². The average Bonchev–Trinajstić information content (AvgIpc) is 2.75. The molecule has 7 nitrogen and oxygen atoms in total.